The Balaban J connectivity index is 2.74. The zero-order valence-electron chi connectivity index (χ0n) is 14.9. The van der Waals surface area contributed by atoms with E-state index in [0.717, 1.165) is 32.5 Å². The van der Waals surface area contributed by atoms with Crippen molar-refractivity contribution in [3.05, 3.63) is 0 Å². The van der Waals surface area contributed by atoms with Gasteiger partial charge in [-0.15, -0.1) is 0 Å². The molecule has 1 rings (SSSR count). The molecule has 2 unspecified atom stereocenters. The first kappa shape index (κ1) is 18.4. The van der Waals surface area contributed by atoms with Crippen molar-refractivity contribution < 1.29 is 4.74 Å². The van der Waals surface area contributed by atoms with Crippen LogP contribution in [-0.4, -0.2) is 47.3 Å². The maximum absolute atomic E-state index is 9.51. The Morgan fingerprint density at radius 3 is 2.24 bits per heavy atom. The highest BCUT2D eigenvalue weighted by Gasteiger charge is 2.40. The zero-order chi connectivity index (χ0) is 16.3. The van der Waals surface area contributed by atoms with Crippen molar-refractivity contribution in [3.8, 4) is 6.07 Å². The Morgan fingerprint density at radius 1 is 1.29 bits per heavy atom. The number of nitrogens with one attached hydrogen (secondary N) is 1. The van der Waals surface area contributed by atoms with Crippen LogP contribution >= 0.6 is 0 Å². The van der Waals surface area contributed by atoms with Gasteiger partial charge in [0.05, 0.1) is 17.3 Å². The summed E-state index contributed by atoms with van der Waals surface area (Å²) in [5.41, 5.74) is -0.742. The highest BCUT2D eigenvalue weighted by molar-refractivity contribution is 5.06. The molecule has 122 valence electrons. The highest BCUT2D eigenvalue weighted by atomic mass is 16.5. The van der Waals surface area contributed by atoms with Crippen molar-refractivity contribution in [3.63, 3.8) is 0 Å². The van der Waals surface area contributed by atoms with Gasteiger partial charge in [0.2, 0.25) is 0 Å². The molecule has 0 aliphatic carbocycles. The Morgan fingerprint density at radius 2 is 1.81 bits per heavy atom. The highest BCUT2D eigenvalue weighted by Crippen LogP contribution is 2.30. The van der Waals surface area contributed by atoms with Crippen LogP contribution in [0.2, 0.25) is 0 Å². The van der Waals surface area contributed by atoms with Gasteiger partial charge in [-0.05, 0) is 60.9 Å². The minimum Gasteiger partial charge on any atom is -0.367 e. The zero-order valence-corrected chi connectivity index (χ0v) is 14.9. The fourth-order valence-electron chi connectivity index (χ4n) is 3.44. The molecule has 4 nitrogen and oxygen atoms in total. The second-order valence-corrected chi connectivity index (χ2v) is 7.95. The van der Waals surface area contributed by atoms with Crippen LogP contribution in [-0.2, 0) is 4.74 Å². The largest absolute Gasteiger partial charge is 0.367 e. The maximum Gasteiger partial charge on any atom is 0.105 e. The Bertz CT molecular complexity index is 370. The summed E-state index contributed by atoms with van der Waals surface area (Å²) in [6, 6.07) is 2.80. The lowest BCUT2D eigenvalue weighted by Crippen LogP contribution is -2.60. The smallest absolute Gasteiger partial charge is 0.105 e. The van der Waals surface area contributed by atoms with Gasteiger partial charge < -0.3 is 4.74 Å². The van der Waals surface area contributed by atoms with E-state index in [4.69, 9.17) is 4.74 Å². The molecule has 0 saturated carbocycles. The molecule has 0 spiro atoms. The number of nitriles is 1. The molecular weight excluding hydrogens is 262 g/mol. The van der Waals surface area contributed by atoms with E-state index >= 15 is 0 Å². The van der Waals surface area contributed by atoms with Gasteiger partial charge >= 0.3 is 0 Å². The van der Waals surface area contributed by atoms with Gasteiger partial charge in [0.15, 0.2) is 0 Å². The van der Waals surface area contributed by atoms with Gasteiger partial charge in [-0.1, -0.05) is 6.92 Å². The molecule has 4 heteroatoms. The van der Waals surface area contributed by atoms with E-state index in [1.807, 2.05) is 6.92 Å². The number of hydrogen-bond donors (Lipinski definition) is 1. The molecule has 1 aliphatic heterocycles. The minimum absolute atomic E-state index is 0.143. The third kappa shape index (κ3) is 5.58. The summed E-state index contributed by atoms with van der Waals surface area (Å²) in [7, 11) is 0. The Labute approximate surface area is 130 Å². The van der Waals surface area contributed by atoms with E-state index in [-0.39, 0.29) is 11.2 Å². The normalized spacial score (nSPS) is 25.8. The topological polar surface area (TPSA) is 48.3 Å². The monoisotopic (exact) mass is 295 g/mol. The van der Waals surface area contributed by atoms with E-state index in [2.05, 4.69) is 57.8 Å². The molecule has 0 aromatic heterocycles. The molecule has 0 aromatic carbocycles. The molecular formula is C17H33N3O. The van der Waals surface area contributed by atoms with E-state index < -0.39 is 5.54 Å². The minimum atomic E-state index is -0.456. The second-order valence-electron chi connectivity index (χ2n) is 7.95. The van der Waals surface area contributed by atoms with Gasteiger partial charge in [-0.2, -0.15) is 5.26 Å². The summed E-state index contributed by atoms with van der Waals surface area (Å²) in [5, 5.41) is 12.9. The van der Waals surface area contributed by atoms with E-state index in [1.54, 1.807) is 0 Å². The maximum atomic E-state index is 9.51. The van der Waals surface area contributed by atoms with Gasteiger partial charge in [-0.25, -0.2) is 0 Å². The number of ether oxygens (including phenoxy) is 1. The van der Waals surface area contributed by atoms with Crippen molar-refractivity contribution in [2.45, 2.75) is 84.1 Å². The van der Waals surface area contributed by atoms with Gasteiger partial charge in [-0.3, -0.25) is 10.2 Å². The average molecular weight is 295 g/mol. The molecule has 0 aromatic rings. The van der Waals surface area contributed by atoms with Crippen LogP contribution in [0.15, 0.2) is 0 Å². The standard InChI is InChI=1S/C17H33N3O/c1-8-9-19-17(7,11-18)10-14(2)20-12-15(3,4)21-16(5,6)13-20/h14,19H,8-10,12-13H2,1-7H3. The van der Waals surface area contributed by atoms with Gasteiger partial charge in [0.1, 0.15) is 5.54 Å². The van der Waals surface area contributed by atoms with Crippen molar-refractivity contribution in [2.24, 2.45) is 0 Å². The van der Waals surface area contributed by atoms with Gasteiger partial charge in [0.25, 0.3) is 0 Å². The first-order valence-corrected chi connectivity index (χ1v) is 8.13. The van der Waals surface area contributed by atoms with Crippen LogP contribution in [0.1, 0.15) is 61.3 Å². The molecule has 1 saturated heterocycles. The molecule has 2 atom stereocenters. The summed E-state index contributed by atoms with van der Waals surface area (Å²) in [6.45, 7) is 17.6. The van der Waals surface area contributed by atoms with Crippen LogP contribution in [0.5, 0.6) is 0 Å². The molecule has 1 N–H and O–H groups in total. The summed E-state index contributed by atoms with van der Waals surface area (Å²) in [5.74, 6) is 0. The average Bonchev–Trinajstić information content (AvgIpc) is 2.32. The second kappa shape index (κ2) is 6.64. The molecule has 1 fully saturated rings. The van der Waals surface area contributed by atoms with Crippen molar-refractivity contribution in [2.75, 3.05) is 19.6 Å². The third-order valence-electron chi connectivity index (χ3n) is 4.06. The predicted octanol–water partition coefficient (Wildman–Crippen LogP) is 2.94. The lowest BCUT2D eigenvalue weighted by atomic mass is 9.91. The number of nitrogens with zero attached hydrogens (tertiary/aromatic N) is 2. The van der Waals surface area contributed by atoms with E-state index in [0.29, 0.717) is 6.04 Å². The summed E-state index contributed by atoms with van der Waals surface area (Å²) in [4.78, 5) is 2.46. The fraction of sp³-hybridized carbons (Fsp3) is 0.941. The van der Waals surface area contributed by atoms with Crippen LogP contribution in [0.3, 0.4) is 0 Å². The van der Waals surface area contributed by atoms with Crippen LogP contribution in [0.4, 0.5) is 0 Å². The van der Waals surface area contributed by atoms with Crippen LogP contribution in [0, 0.1) is 11.3 Å². The fourth-order valence-corrected chi connectivity index (χ4v) is 3.44. The van der Waals surface area contributed by atoms with Crippen LogP contribution < -0.4 is 5.32 Å². The molecule has 0 bridgehead atoms. The number of rotatable bonds is 6. The molecule has 0 radical (unpaired) electrons. The quantitative estimate of drug-likeness (QED) is 0.818. The third-order valence-corrected chi connectivity index (χ3v) is 4.06. The molecule has 0 amide bonds. The summed E-state index contributed by atoms with van der Waals surface area (Å²) >= 11 is 0. The summed E-state index contributed by atoms with van der Waals surface area (Å²) in [6.07, 6.45) is 1.87. The molecule has 1 aliphatic rings. The molecule has 1 heterocycles. The first-order chi connectivity index (χ1) is 9.52. The SMILES string of the molecule is CCCNC(C)(C#N)CC(C)N1CC(C)(C)OC(C)(C)C1. The van der Waals surface area contributed by atoms with Crippen molar-refractivity contribution in [1.29, 1.82) is 5.26 Å². The lowest BCUT2D eigenvalue weighted by molar-refractivity contribution is -0.187. The Kier molecular flexibility index (Phi) is 5.83. The van der Waals surface area contributed by atoms with E-state index in [9.17, 15) is 5.26 Å². The number of morpholine rings is 1. The van der Waals surface area contributed by atoms with E-state index in [1.165, 1.54) is 0 Å². The first-order valence-electron chi connectivity index (χ1n) is 8.13. The van der Waals surface area contributed by atoms with Crippen LogP contribution in [0.25, 0.3) is 0 Å². The number of hydrogen-bond acceptors (Lipinski definition) is 4. The predicted molar refractivity (Wildman–Crippen MR) is 87.2 cm³/mol. The Hall–Kier alpha value is -0.630. The van der Waals surface area contributed by atoms with Crippen molar-refractivity contribution in [1.82, 2.24) is 10.2 Å². The summed E-state index contributed by atoms with van der Waals surface area (Å²) < 4.78 is 6.14. The van der Waals surface area contributed by atoms with Gasteiger partial charge in [0, 0.05) is 19.1 Å². The lowest BCUT2D eigenvalue weighted by Gasteiger charge is -2.49. The molecule has 21 heavy (non-hydrogen) atoms. The van der Waals surface area contributed by atoms with Crippen molar-refractivity contribution >= 4 is 0 Å².